The fraction of sp³-hybridized carbons (Fsp3) is 0.0714. The van der Waals surface area contributed by atoms with Gasteiger partial charge in [-0.2, -0.15) is 5.10 Å². The van der Waals surface area contributed by atoms with Gasteiger partial charge in [0.15, 0.2) is 11.3 Å². The van der Waals surface area contributed by atoms with E-state index in [1.54, 1.807) is 42.5 Å². The third-order valence-corrected chi connectivity index (χ3v) is 3.44. The molecule has 0 saturated carbocycles. The second-order valence-corrected chi connectivity index (χ2v) is 4.81. The Morgan fingerprint density at radius 3 is 2.81 bits per heavy atom. The number of para-hydroxylation sites is 1. The van der Waals surface area contributed by atoms with Gasteiger partial charge in [0, 0.05) is 19.4 Å². The van der Waals surface area contributed by atoms with E-state index in [-0.39, 0.29) is 5.69 Å². The second-order valence-electron chi connectivity index (χ2n) is 4.40. The number of hydrogen-bond acceptors (Lipinski definition) is 4. The topological polar surface area (TPSA) is 70.7 Å². The smallest absolute Gasteiger partial charge is 0.358 e. The molecule has 0 bridgehead atoms. The molecule has 7 heteroatoms. The lowest BCUT2D eigenvalue weighted by Gasteiger charge is -2.19. The van der Waals surface area contributed by atoms with E-state index in [4.69, 9.17) is 11.6 Å². The molecule has 3 rings (SSSR count). The van der Waals surface area contributed by atoms with Gasteiger partial charge >= 0.3 is 5.97 Å². The molecule has 0 radical (unpaired) electrons. The monoisotopic (exact) mass is 302 g/mol. The Bertz CT molecular complexity index is 831. The molecule has 21 heavy (non-hydrogen) atoms. The molecule has 0 unspecified atom stereocenters. The van der Waals surface area contributed by atoms with Crippen molar-refractivity contribution in [2.75, 3.05) is 11.9 Å². The molecule has 106 valence electrons. The highest BCUT2D eigenvalue weighted by molar-refractivity contribution is 6.33. The van der Waals surface area contributed by atoms with Crippen molar-refractivity contribution in [3.05, 3.63) is 53.4 Å². The molecule has 0 atom stereocenters. The highest BCUT2D eigenvalue weighted by Crippen LogP contribution is 2.34. The summed E-state index contributed by atoms with van der Waals surface area (Å²) in [6, 6.07) is 8.88. The number of hydrogen-bond donors (Lipinski definition) is 1. The molecule has 0 fully saturated rings. The number of fused-ring (bicyclic) bond motifs is 1. The van der Waals surface area contributed by atoms with Crippen molar-refractivity contribution in [1.82, 2.24) is 14.6 Å². The highest BCUT2D eigenvalue weighted by Gasteiger charge is 2.24. The quantitative estimate of drug-likeness (QED) is 0.805. The molecule has 2 heterocycles. The van der Waals surface area contributed by atoms with Crippen LogP contribution in [0.5, 0.6) is 0 Å². The maximum Gasteiger partial charge on any atom is 0.358 e. The van der Waals surface area contributed by atoms with Gasteiger partial charge in [0.1, 0.15) is 5.69 Å². The predicted molar refractivity (Wildman–Crippen MR) is 79.5 cm³/mol. The van der Waals surface area contributed by atoms with Gasteiger partial charge in [0.25, 0.3) is 0 Å². The van der Waals surface area contributed by atoms with Gasteiger partial charge < -0.3 is 10.0 Å². The van der Waals surface area contributed by atoms with Crippen molar-refractivity contribution in [1.29, 1.82) is 0 Å². The lowest BCUT2D eigenvalue weighted by molar-refractivity contribution is 0.0691. The molecule has 3 aromatic rings. The minimum absolute atomic E-state index is 0.0730. The number of rotatable bonds is 3. The molecule has 0 amide bonds. The Balaban J connectivity index is 2.26. The highest BCUT2D eigenvalue weighted by atomic mass is 35.5. The molecule has 0 saturated heterocycles. The largest absolute Gasteiger partial charge is 0.476 e. The first kappa shape index (κ1) is 13.4. The first-order chi connectivity index (χ1) is 10.1. The van der Waals surface area contributed by atoms with E-state index in [0.717, 1.165) is 0 Å². The minimum Gasteiger partial charge on any atom is -0.476 e. The number of carboxylic acids is 1. The Morgan fingerprint density at radius 1 is 1.33 bits per heavy atom. The Labute approximate surface area is 125 Å². The summed E-state index contributed by atoms with van der Waals surface area (Å²) in [6.07, 6.45) is 3.24. The third-order valence-electron chi connectivity index (χ3n) is 3.12. The first-order valence-electron chi connectivity index (χ1n) is 6.14. The summed E-state index contributed by atoms with van der Waals surface area (Å²) >= 11 is 6.18. The van der Waals surface area contributed by atoms with E-state index < -0.39 is 5.97 Å². The Hall–Kier alpha value is -2.60. The SMILES string of the molecule is CN(c1ccccc1Cl)c1c(C(=O)O)nn2cccnc12. The summed E-state index contributed by atoms with van der Waals surface area (Å²) in [5.41, 5.74) is 1.46. The number of anilines is 2. The average molecular weight is 303 g/mol. The van der Waals surface area contributed by atoms with Gasteiger partial charge in [-0.3, -0.25) is 0 Å². The molecular weight excluding hydrogens is 292 g/mol. The van der Waals surface area contributed by atoms with Crippen molar-refractivity contribution >= 4 is 34.6 Å². The van der Waals surface area contributed by atoms with E-state index in [0.29, 0.717) is 22.0 Å². The number of aromatic carboxylic acids is 1. The van der Waals surface area contributed by atoms with E-state index >= 15 is 0 Å². The first-order valence-corrected chi connectivity index (χ1v) is 6.52. The summed E-state index contributed by atoms with van der Waals surface area (Å²) in [7, 11) is 1.74. The number of aromatic nitrogens is 3. The van der Waals surface area contributed by atoms with Gasteiger partial charge in [0.2, 0.25) is 0 Å². The van der Waals surface area contributed by atoms with Gasteiger partial charge in [-0.05, 0) is 18.2 Å². The maximum atomic E-state index is 11.4. The summed E-state index contributed by atoms with van der Waals surface area (Å²) in [4.78, 5) is 17.3. The van der Waals surface area contributed by atoms with Gasteiger partial charge in [-0.1, -0.05) is 23.7 Å². The van der Waals surface area contributed by atoms with Crippen LogP contribution in [0, 0.1) is 0 Å². The predicted octanol–water partition coefficient (Wildman–Crippen LogP) is 2.85. The lowest BCUT2D eigenvalue weighted by atomic mass is 10.2. The second kappa shape index (κ2) is 5.06. The van der Waals surface area contributed by atoms with Gasteiger partial charge in [-0.25, -0.2) is 14.3 Å². The molecule has 0 spiro atoms. The zero-order valence-corrected chi connectivity index (χ0v) is 11.8. The van der Waals surface area contributed by atoms with E-state index in [1.165, 1.54) is 4.52 Å². The molecule has 1 aromatic carbocycles. The van der Waals surface area contributed by atoms with Gasteiger partial charge in [-0.15, -0.1) is 0 Å². The molecule has 6 nitrogen and oxygen atoms in total. The fourth-order valence-electron chi connectivity index (χ4n) is 2.17. The molecule has 0 aliphatic heterocycles. The molecule has 2 aromatic heterocycles. The van der Waals surface area contributed by atoms with Crippen LogP contribution in [0.3, 0.4) is 0 Å². The number of carboxylic acid groups (broad SMARTS) is 1. The van der Waals surface area contributed by atoms with E-state index in [1.807, 2.05) is 12.1 Å². The lowest BCUT2D eigenvalue weighted by Crippen LogP contribution is -2.14. The number of nitrogens with zero attached hydrogens (tertiary/aromatic N) is 4. The van der Waals surface area contributed by atoms with Crippen LogP contribution in [-0.2, 0) is 0 Å². The molecule has 1 N–H and O–H groups in total. The van der Waals surface area contributed by atoms with Crippen molar-refractivity contribution in [3.8, 4) is 0 Å². The third kappa shape index (κ3) is 2.19. The molecule has 0 aliphatic rings. The van der Waals surface area contributed by atoms with Crippen LogP contribution in [0.15, 0.2) is 42.7 Å². The average Bonchev–Trinajstić information content (AvgIpc) is 2.86. The van der Waals surface area contributed by atoms with Crippen LogP contribution in [0.1, 0.15) is 10.5 Å². The van der Waals surface area contributed by atoms with Crippen LogP contribution in [0.2, 0.25) is 5.02 Å². The zero-order chi connectivity index (χ0) is 15.0. The fourth-order valence-corrected chi connectivity index (χ4v) is 2.43. The number of carbonyl (C=O) groups is 1. The summed E-state index contributed by atoms with van der Waals surface area (Å²) in [5, 5.41) is 13.9. The van der Waals surface area contributed by atoms with Crippen molar-refractivity contribution in [2.24, 2.45) is 0 Å². The normalized spacial score (nSPS) is 10.8. The Kier molecular flexibility index (Phi) is 3.23. The minimum atomic E-state index is -1.12. The summed E-state index contributed by atoms with van der Waals surface area (Å²) in [5.74, 6) is -1.12. The number of halogens is 1. The van der Waals surface area contributed by atoms with Crippen LogP contribution in [0.25, 0.3) is 5.65 Å². The van der Waals surface area contributed by atoms with Crippen LogP contribution in [-0.4, -0.2) is 32.7 Å². The molecular formula is C14H11ClN4O2. The van der Waals surface area contributed by atoms with Crippen LogP contribution in [0.4, 0.5) is 11.4 Å². The Morgan fingerprint density at radius 2 is 2.10 bits per heavy atom. The van der Waals surface area contributed by atoms with Crippen LogP contribution >= 0.6 is 11.6 Å². The van der Waals surface area contributed by atoms with Crippen molar-refractivity contribution in [3.63, 3.8) is 0 Å². The van der Waals surface area contributed by atoms with Crippen LogP contribution < -0.4 is 4.90 Å². The van der Waals surface area contributed by atoms with Crippen molar-refractivity contribution in [2.45, 2.75) is 0 Å². The summed E-state index contributed by atoms with van der Waals surface area (Å²) < 4.78 is 1.44. The number of benzene rings is 1. The summed E-state index contributed by atoms with van der Waals surface area (Å²) in [6.45, 7) is 0. The van der Waals surface area contributed by atoms with E-state index in [2.05, 4.69) is 10.1 Å². The van der Waals surface area contributed by atoms with Gasteiger partial charge in [0.05, 0.1) is 10.7 Å². The van der Waals surface area contributed by atoms with E-state index in [9.17, 15) is 9.90 Å². The van der Waals surface area contributed by atoms with Crippen molar-refractivity contribution < 1.29 is 9.90 Å². The molecule has 0 aliphatic carbocycles. The zero-order valence-electron chi connectivity index (χ0n) is 11.1. The standard InChI is InChI=1S/C14H11ClN4O2/c1-18(10-6-3-2-5-9(10)15)12-11(14(20)21)17-19-8-4-7-16-13(12)19/h2-8H,1H3,(H,20,21). The maximum absolute atomic E-state index is 11.4.